The van der Waals surface area contributed by atoms with Crippen molar-refractivity contribution in [2.45, 2.75) is 4.90 Å². The van der Waals surface area contributed by atoms with Crippen LogP contribution in [0.2, 0.25) is 0 Å². The fourth-order valence-electron chi connectivity index (χ4n) is 0.864. The quantitative estimate of drug-likeness (QED) is 0.586. The summed E-state index contributed by atoms with van der Waals surface area (Å²) >= 11 is 2.75. The van der Waals surface area contributed by atoms with Gasteiger partial charge in [0, 0.05) is 6.07 Å². The van der Waals surface area contributed by atoms with Crippen LogP contribution < -0.4 is 10.6 Å². The van der Waals surface area contributed by atoms with Gasteiger partial charge in [-0.05, 0) is 15.9 Å². The number of amides is 1. The highest BCUT2D eigenvalue weighted by molar-refractivity contribution is 9.10. The van der Waals surface area contributed by atoms with Gasteiger partial charge in [0.1, 0.15) is 11.5 Å². The number of hydrogen-bond donors (Lipinski definition) is 3. The van der Waals surface area contributed by atoms with E-state index < -0.39 is 39.2 Å². The number of carbonyl (C=O) groups excluding carboxylic acids is 1. The van der Waals surface area contributed by atoms with Crippen molar-refractivity contribution in [2.24, 2.45) is 5.73 Å². The molecule has 1 aromatic rings. The molecule has 100 valence electrons. The van der Waals surface area contributed by atoms with E-state index in [0.717, 1.165) is 6.07 Å². The molecule has 1 amide bonds. The number of aromatic carboxylic acids is 1. The number of furan rings is 1. The second-order valence-corrected chi connectivity index (χ2v) is 5.23. The maximum atomic E-state index is 11.6. The Kier molecular flexibility index (Phi) is 4.45. The number of sulfonamides is 1. The fourth-order valence-corrected chi connectivity index (χ4v) is 2.61. The summed E-state index contributed by atoms with van der Waals surface area (Å²) in [5, 5.41) is 8.61. The molecule has 11 heteroatoms. The average molecular weight is 343 g/mol. The van der Waals surface area contributed by atoms with Gasteiger partial charge in [0.2, 0.25) is 11.7 Å². The predicted molar refractivity (Wildman–Crippen MR) is 58.8 cm³/mol. The summed E-state index contributed by atoms with van der Waals surface area (Å²) in [4.78, 5) is 26.3. The van der Waals surface area contributed by atoms with E-state index in [1.54, 1.807) is 4.89 Å². The van der Waals surface area contributed by atoms with Crippen LogP contribution in [0.1, 0.15) is 10.6 Å². The first-order valence-corrected chi connectivity index (χ1v) is 6.46. The molecule has 1 rings (SSSR count). The maximum Gasteiger partial charge on any atom is 0.371 e. The van der Waals surface area contributed by atoms with Gasteiger partial charge in [-0.2, -0.15) is 0 Å². The van der Waals surface area contributed by atoms with Crippen LogP contribution in [-0.2, 0) is 19.7 Å². The van der Waals surface area contributed by atoms with Crippen molar-refractivity contribution in [2.75, 3.05) is 6.61 Å². The van der Waals surface area contributed by atoms with Crippen LogP contribution in [0.25, 0.3) is 0 Å². The molecule has 4 N–H and O–H groups in total. The van der Waals surface area contributed by atoms with Gasteiger partial charge in [-0.1, -0.05) is 4.89 Å². The van der Waals surface area contributed by atoms with Gasteiger partial charge in [0.05, 0.1) is 0 Å². The van der Waals surface area contributed by atoms with Crippen LogP contribution in [0.3, 0.4) is 0 Å². The predicted octanol–water partition coefficient (Wildman–Crippen LogP) is -0.565. The van der Waals surface area contributed by atoms with Crippen molar-refractivity contribution in [3.63, 3.8) is 0 Å². The summed E-state index contributed by atoms with van der Waals surface area (Å²) in [5.41, 5.74) is 4.73. The number of primary amides is 1. The summed E-state index contributed by atoms with van der Waals surface area (Å²) in [7, 11) is -4.18. The Balaban J connectivity index is 2.91. The molecule has 0 radical (unpaired) electrons. The minimum atomic E-state index is -4.18. The Labute approximate surface area is 109 Å². The van der Waals surface area contributed by atoms with E-state index in [0.29, 0.717) is 0 Å². The van der Waals surface area contributed by atoms with E-state index >= 15 is 0 Å². The topological polar surface area (TPSA) is 149 Å². The molecule has 0 aliphatic rings. The van der Waals surface area contributed by atoms with E-state index in [9.17, 15) is 18.0 Å². The molecule has 0 aromatic carbocycles. The lowest BCUT2D eigenvalue weighted by molar-refractivity contribution is -0.123. The van der Waals surface area contributed by atoms with E-state index in [-0.39, 0.29) is 4.67 Å². The Bertz CT molecular complexity index is 579. The summed E-state index contributed by atoms with van der Waals surface area (Å²) in [6.07, 6.45) is 0. The van der Waals surface area contributed by atoms with Gasteiger partial charge in [0.25, 0.3) is 10.0 Å². The highest BCUT2D eigenvalue weighted by atomic mass is 79.9. The normalized spacial score (nSPS) is 11.4. The minimum Gasteiger partial charge on any atom is -0.475 e. The van der Waals surface area contributed by atoms with Crippen molar-refractivity contribution in [3.8, 4) is 0 Å². The molecule has 0 spiro atoms. The van der Waals surface area contributed by atoms with Crippen LogP contribution in [-0.4, -0.2) is 32.0 Å². The molecule has 0 unspecified atom stereocenters. The number of carbonyl (C=O) groups is 2. The van der Waals surface area contributed by atoms with E-state index in [1.807, 2.05) is 0 Å². The number of nitrogens with one attached hydrogen (secondary N) is 1. The lowest BCUT2D eigenvalue weighted by Crippen LogP contribution is -2.29. The van der Waals surface area contributed by atoms with E-state index in [1.165, 1.54) is 0 Å². The zero-order valence-corrected chi connectivity index (χ0v) is 10.9. The van der Waals surface area contributed by atoms with Gasteiger partial charge in [-0.3, -0.25) is 9.63 Å². The number of halogens is 1. The fraction of sp³-hybridized carbons (Fsp3) is 0.143. The highest BCUT2D eigenvalue weighted by Gasteiger charge is 2.25. The SMILES string of the molecule is NC(=O)CONS(=O)(=O)c1cc(C(=O)O)oc1Br. The van der Waals surface area contributed by atoms with E-state index in [2.05, 4.69) is 25.2 Å². The monoisotopic (exact) mass is 342 g/mol. The third-order valence-electron chi connectivity index (χ3n) is 1.54. The summed E-state index contributed by atoms with van der Waals surface area (Å²) in [6, 6.07) is 0.780. The number of carboxylic acid groups (broad SMARTS) is 1. The van der Waals surface area contributed by atoms with E-state index in [4.69, 9.17) is 10.8 Å². The van der Waals surface area contributed by atoms with Crippen molar-refractivity contribution in [1.29, 1.82) is 0 Å². The zero-order valence-electron chi connectivity index (χ0n) is 8.54. The van der Waals surface area contributed by atoms with Crippen LogP contribution in [0.5, 0.6) is 0 Å². The van der Waals surface area contributed by atoms with Crippen LogP contribution in [0, 0.1) is 0 Å². The third-order valence-corrected chi connectivity index (χ3v) is 3.61. The average Bonchev–Trinajstić information content (AvgIpc) is 2.60. The lowest BCUT2D eigenvalue weighted by atomic mass is 10.5. The van der Waals surface area contributed by atoms with Gasteiger partial charge < -0.3 is 15.3 Å². The molecular formula is C7H7BrN2O7S. The Morgan fingerprint density at radius 1 is 1.56 bits per heavy atom. The molecule has 0 aliphatic carbocycles. The number of hydrogen-bond acceptors (Lipinski definition) is 6. The molecule has 1 aromatic heterocycles. The molecule has 0 saturated heterocycles. The zero-order chi connectivity index (χ0) is 13.9. The second-order valence-electron chi connectivity index (χ2n) is 2.90. The van der Waals surface area contributed by atoms with Crippen LogP contribution in [0.15, 0.2) is 20.0 Å². The van der Waals surface area contributed by atoms with Crippen molar-refractivity contribution in [3.05, 3.63) is 16.5 Å². The largest absolute Gasteiger partial charge is 0.475 e. The Hall–Kier alpha value is -1.43. The standard InChI is InChI=1S/C7H7BrN2O7S/c8-6-4(1-3(17-6)7(12)13)18(14,15)10-16-2-5(9)11/h1,10H,2H2,(H2,9,11)(H,12,13). The molecule has 1 heterocycles. The van der Waals surface area contributed by atoms with Gasteiger partial charge >= 0.3 is 5.97 Å². The first kappa shape index (κ1) is 14.6. The Morgan fingerprint density at radius 2 is 2.17 bits per heavy atom. The highest BCUT2D eigenvalue weighted by Crippen LogP contribution is 2.25. The summed E-state index contributed by atoms with van der Waals surface area (Å²) < 4.78 is 27.5. The number of rotatable bonds is 6. The van der Waals surface area contributed by atoms with Crippen LogP contribution in [0.4, 0.5) is 0 Å². The van der Waals surface area contributed by atoms with Crippen molar-refractivity contribution < 1.29 is 32.4 Å². The minimum absolute atomic E-state index is 0.310. The molecule has 0 aliphatic heterocycles. The van der Waals surface area contributed by atoms with Crippen molar-refractivity contribution in [1.82, 2.24) is 4.89 Å². The van der Waals surface area contributed by atoms with Crippen molar-refractivity contribution >= 4 is 37.8 Å². The number of nitrogens with two attached hydrogens (primary N) is 1. The van der Waals surface area contributed by atoms with Crippen LogP contribution >= 0.6 is 15.9 Å². The molecule has 0 bridgehead atoms. The molecule has 0 fully saturated rings. The first-order chi connectivity index (χ1) is 8.24. The molecule has 0 saturated carbocycles. The van der Waals surface area contributed by atoms with Gasteiger partial charge in [-0.15, -0.1) is 0 Å². The van der Waals surface area contributed by atoms with Gasteiger partial charge in [0.15, 0.2) is 4.67 Å². The molecule has 0 atom stereocenters. The third kappa shape index (κ3) is 3.53. The smallest absolute Gasteiger partial charge is 0.371 e. The summed E-state index contributed by atoms with van der Waals surface area (Å²) in [6.45, 7) is -0.666. The Morgan fingerprint density at radius 3 is 2.61 bits per heavy atom. The molecular weight excluding hydrogens is 336 g/mol. The van der Waals surface area contributed by atoms with Gasteiger partial charge in [-0.25, -0.2) is 13.2 Å². The maximum absolute atomic E-state index is 11.6. The first-order valence-electron chi connectivity index (χ1n) is 4.18. The molecule has 18 heavy (non-hydrogen) atoms. The summed E-state index contributed by atoms with van der Waals surface area (Å²) in [5.74, 6) is -2.89. The lowest BCUT2D eigenvalue weighted by Gasteiger charge is -2.03. The number of carboxylic acids is 1. The second kappa shape index (κ2) is 5.48. The molecule has 9 nitrogen and oxygen atoms in total.